The minimum Gasteiger partial charge on any atom is -0.384 e. The summed E-state index contributed by atoms with van der Waals surface area (Å²) in [4.78, 5) is 4.15. The fourth-order valence-electron chi connectivity index (χ4n) is 1.98. The minimum absolute atomic E-state index is 0.501. The normalized spacial score (nSPS) is 26.7. The standard InChI is InChI=1S/C10H15N3O/c1-7-8(2-3-9(11)13-7)10(14)4-5-12-6-10/h2-3,12,14H,4-6H2,1H3,(H2,11,13). The number of hydrogen-bond donors (Lipinski definition) is 3. The number of anilines is 1. The lowest BCUT2D eigenvalue weighted by Gasteiger charge is -2.23. The van der Waals surface area contributed by atoms with E-state index in [4.69, 9.17) is 5.73 Å². The van der Waals surface area contributed by atoms with Crippen molar-refractivity contribution in [3.8, 4) is 0 Å². The largest absolute Gasteiger partial charge is 0.384 e. The predicted molar refractivity (Wildman–Crippen MR) is 54.8 cm³/mol. The summed E-state index contributed by atoms with van der Waals surface area (Å²) in [6, 6.07) is 3.60. The summed E-state index contributed by atoms with van der Waals surface area (Å²) in [5.41, 5.74) is 6.50. The van der Waals surface area contributed by atoms with E-state index in [1.54, 1.807) is 6.07 Å². The van der Waals surface area contributed by atoms with Gasteiger partial charge in [0.05, 0.1) is 0 Å². The molecule has 14 heavy (non-hydrogen) atoms. The highest BCUT2D eigenvalue weighted by Crippen LogP contribution is 2.29. The van der Waals surface area contributed by atoms with Crippen LogP contribution in [0.15, 0.2) is 12.1 Å². The van der Waals surface area contributed by atoms with Crippen molar-refractivity contribution in [1.29, 1.82) is 0 Å². The van der Waals surface area contributed by atoms with E-state index in [9.17, 15) is 5.11 Å². The van der Waals surface area contributed by atoms with Crippen LogP contribution in [0.4, 0.5) is 5.82 Å². The molecule has 0 spiro atoms. The molecule has 0 saturated carbocycles. The van der Waals surface area contributed by atoms with Crippen molar-refractivity contribution in [1.82, 2.24) is 10.3 Å². The van der Waals surface area contributed by atoms with Gasteiger partial charge < -0.3 is 16.2 Å². The average Bonchev–Trinajstić information content (AvgIpc) is 2.52. The SMILES string of the molecule is Cc1nc(N)ccc1C1(O)CCNC1. The number of β-amino-alcohol motifs (C(OH)–C–C–N with tert-alkyl or cyclic N) is 1. The third kappa shape index (κ3) is 1.47. The van der Waals surface area contributed by atoms with Crippen LogP contribution in [0.25, 0.3) is 0 Å². The van der Waals surface area contributed by atoms with Crippen LogP contribution < -0.4 is 11.1 Å². The summed E-state index contributed by atoms with van der Waals surface area (Å²) >= 11 is 0. The molecule has 0 radical (unpaired) electrons. The van der Waals surface area contributed by atoms with E-state index in [0.717, 1.165) is 24.2 Å². The van der Waals surface area contributed by atoms with Crippen LogP contribution in [0.2, 0.25) is 0 Å². The van der Waals surface area contributed by atoms with Gasteiger partial charge in [-0.3, -0.25) is 0 Å². The van der Waals surface area contributed by atoms with Crippen LogP contribution >= 0.6 is 0 Å². The molecule has 1 aliphatic rings. The number of aryl methyl sites for hydroxylation is 1. The Kier molecular flexibility index (Phi) is 2.17. The van der Waals surface area contributed by atoms with Crippen LogP contribution in [-0.2, 0) is 5.60 Å². The first-order chi connectivity index (χ1) is 6.62. The third-order valence-electron chi connectivity index (χ3n) is 2.74. The van der Waals surface area contributed by atoms with Gasteiger partial charge in [-0.25, -0.2) is 4.98 Å². The van der Waals surface area contributed by atoms with Crippen LogP contribution in [0.5, 0.6) is 0 Å². The second kappa shape index (κ2) is 3.22. The van der Waals surface area contributed by atoms with Gasteiger partial charge in [-0.05, 0) is 26.0 Å². The van der Waals surface area contributed by atoms with E-state index in [1.807, 2.05) is 13.0 Å². The highest BCUT2D eigenvalue weighted by atomic mass is 16.3. The summed E-state index contributed by atoms with van der Waals surface area (Å²) < 4.78 is 0. The molecule has 1 atom stereocenters. The lowest BCUT2D eigenvalue weighted by atomic mass is 9.92. The van der Waals surface area contributed by atoms with Crippen LogP contribution in [0.3, 0.4) is 0 Å². The zero-order chi connectivity index (χ0) is 10.2. The molecule has 1 fully saturated rings. The van der Waals surface area contributed by atoms with Gasteiger partial charge in [0.25, 0.3) is 0 Å². The fraction of sp³-hybridized carbons (Fsp3) is 0.500. The smallest absolute Gasteiger partial charge is 0.123 e. The van der Waals surface area contributed by atoms with Gasteiger partial charge in [0.1, 0.15) is 11.4 Å². The molecule has 4 N–H and O–H groups in total. The Morgan fingerprint density at radius 1 is 1.57 bits per heavy atom. The van der Waals surface area contributed by atoms with Crippen molar-refractivity contribution in [3.05, 3.63) is 23.4 Å². The number of nitrogen functional groups attached to an aromatic ring is 1. The maximum Gasteiger partial charge on any atom is 0.123 e. The van der Waals surface area contributed by atoms with E-state index in [1.165, 1.54) is 0 Å². The number of nitrogens with zero attached hydrogens (tertiary/aromatic N) is 1. The van der Waals surface area contributed by atoms with E-state index in [0.29, 0.717) is 12.4 Å². The second-order valence-corrected chi connectivity index (χ2v) is 3.83. The Bertz CT molecular complexity index is 345. The number of aliphatic hydroxyl groups is 1. The molecule has 1 unspecified atom stereocenters. The van der Waals surface area contributed by atoms with Crippen LogP contribution in [0.1, 0.15) is 17.7 Å². The first-order valence-electron chi connectivity index (χ1n) is 4.78. The van der Waals surface area contributed by atoms with Crippen molar-refractivity contribution < 1.29 is 5.11 Å². The predicted octanol–water partition coefficient (Wildman–Crippen LogP) is 0.153. The zero-order valence-corrected chi connectivity index (χ0v) is 8.25. The number of hydrogen-bond acceptors (Lipinski definition) is 4. The van der Waals surface area contributed by atoms with Crippen molar-refractivity contribution in [3.63, 3.8) is 0 Å². The van der Waals surface area contributed by atoms with E-state index >= 15 is 0 Å². The molecule has 0 bridgehead atoms. The van der Waals surface area contributed by atoms with Crippen molar-refractivity contribution >= 4 is 5.82 Å². The third-order valence-corrected chi connectivity index (χ3v) is 2.74. The maximum absolute atomic E-state index is 10.3. The molecule has 1 aromatic heterocycles. The molecule has 0 aromatic carbocycles. The summed E-state index contributed by atoms with van der Waals surface area (Å²) in [7, 11) is 0. The Morgan fingerprint density at radius 3 is 2.93 bits per heavy atom. The Labute approximate surface area is 83.2 Å². The molecular weight excluding hydrogens is 178 g/mol. The van der Waals surface area contributed by atoms with Gasteiger partial charge in [-0.2, -0.15) is 0 Å². The van der Waals surface area contributed by atoms with E-state index in [2.05, 4.69) is 10.3 Å². The summed E-state index contributed by atoms with van der Waals surface area (Å²) in [5, 5.41) is 13.4. The highest BCUT2D eigenvalue weighted by molar-refractivity contribution is 5.37. The monoisotopic (exact) mass is 193 g/mol. The highest BCUT2D eigenvalue weighted by Gasteiger charge is 2.34. The van der Waals surface area contributed by atoms with Crippen molar-refractivity contribution in [2.24, 2.45) is 0 Å². The van der Waals surface area contributed by atoms with Gasteiger partial charge in [-0.15, -0.1) is 0 Å². The topological polar surface area (TPSA) is 71.2 Å². The number of nitrogens with two attached hydrogens (primary N) is 1. The molecule has 76 valence electrons. The lowest BCUT2D eigenvalue weighted by molar-refractivity contribution is 0.0577. The number of nitrogens with one attached hydrogen (secondary N) is 1. The zero-order valence-electron chi connectivity index (χ0n) is 8.25. The van der Waals surface area contributed by atoms with Crippen LogP contribution in [0, 0.1) is 6.92 Å². The second-order valence-electron chi connectivity index (χ2n) is 3.83. The number of rotatable bonds is 1. The van der Waals surface area contributed by atoms with Crippen molar-refractivity contribution in [2.75, 3.05) is 18.8 Å². The summed E-state index contributed by atoms with van der Waals surface area (Å²) in [6.45, 7) is 3.32. The molecule has 4 nitrogen and oxygen atoms in total. The molecule has 0 aliphatic carbocycles. The Hall–Kier alpha value is -1.13. The molecule has 0 amide bonds. The quantitative estimate of drug-likeness (QED) is 0.594. The van der Waals surface area contributed by atoms with Gasteiger partial charge in [0, 0.05) is 17.8 Å². The lowest BCUT2D eigenvalue weighted by Crippen LogP contribution is -2.29. The van der Waals surface area contributed by atoms with Gasteiger partial charge in [0.2, 0.25) is 0 Å². The number of aromatic nitrogens is 1. The Morgan fingerprint density at radius 2 is 2.36 bits per heavy atom. The Balaban J connectivity index is 2.40. The van der Waals surface area contributed by atoms with Crippen LogP contribution in [-0.4, -0.2) is 23.2 Å². The molecule has 2 heterocycles. The maximum atomic E-state index is 10.3. The number of pyridine rings is 1. The molecule has 1 saturated heterocycles. The summed E-state index contributed by atoms with van der Waals surface area (Å²) in [5.74, 6) is 0.501. The molecule has 2 rings (SSSR count). The van der Waals surface area contributed by atoms with Crippen molar-refractivity contribution in [2.45, 2.75) is 18.9 Å². The average molecular weight is 193 g/mol. The molecule has 1 aliphatic heterocycles. The van der Waals surface area contributed by atoms with Gasteiger partial charge in [0.15, 0.2) is 0 Å². The first-order valence-corrected chi connectivity index (χ1v) is 4.78. The molecule has 4 heteroatoms. The molecule has 1 aromatic rings. The first kappa shape index (κ1) is 9.43. The van der Waals surface area contributed by atoms with Gasteiger partial charge >= 0.3 is 0 Å². The van der Waals surface area contributed by atoms with Gasteiger partial charge in [-0.1, -0.05) is 6.07 Å². The molecular formula is C10H15N3O. The van der Waals surface area contributed by atoms with E-state index in [-0.39, 0.29) is 0 Å². The summed E-state index contributed by atoms with van der Waals surface area (Å²) in [6.07, 6.45) is 0.736. The fourth-order valence-corrected chi connectivity index (χ4v) is 1.98. The van der Waals surface area contributed by atoms with E-state index < -0.39 is 5.60 Å². The minimum atomic E-state index is -0.759.